The molecular formula is C83H78BN5. The molecule has 18 rings (SSSR count). The van der Waals surface area contributed by atoms with Crippen LogP contribution in [0.1, 0.15) is 165 Å². The summed E-state index contributed by atoms with van der Waals surface area (Å²) >= 11 is 0. The first kappa shape index (κ1) is 53.3. The molecule has 438 valence electrons. The number of hydrogen-bond acceptors (Lipinski definition) is 0. The van der Waals surface area contributed by atoms with E-state index in [1.807, 2.05) is 0 Å². The maximum atomic E-state index is 2.83. The summed E-state index contributed by atoms with van der Waals surface area (Å²) in [7, 11) is 0.900. The highest BCUT2D eigenvalue weighted by Crippen LogP contribution is 2.52. The molecule has 2 aliphatic heterocycles. The molecule has 0 fully saturated rings. The molecular weight excluding hydrogens is 1080 g/mol. The Morgan fingerprint density at radius 2 is 0.944 bits per heavy atom. The van der Waals surface area contributed by atoms with Gasteiger partial charge in [-0.2, -0.15) is 0 Å². The topological polar surface area (TPSA) is 24.6 Å². The van der Waals surface area contributed by atoms with Crippen LogP contribution in [-0.4, -0.2) is 30.1 Å². The summed E-state index contributed by atoms with van der Waals surface area (Å²) in [5.41, 5.74) is 32.5. The standard InChI is InChI=1S/C83H78BN5/c1-80(2,3)47-29-37-70-60(39-47)62-41-49(82(7,8)9)43-64-74-65-44-50(83(10,11)12)42-63-61-40-48(81(4,5)6)30-38-71(61)89(77(63)65)73-46-53(45-72(75(73)84-74)88(70)76(62)64)87-69-28-20-16-24-57(69)59-36-35-58-56-23-15-19-27-68(56)86(78(58)79(59)87)52-33-31-51(32-34-52)85-66-25-17-13-21-54(66)55-22-14-18-26-67(55)85/h13-14,16-22,24-29,31,33,35-37,39-46,74,84H,15,23,30,32,34,38H2,1-12H3. The number of rotatable bonds is 3. The van der Waals surface area contributed by atoms with Crippen LogP contribution in [-0.2, 0) is 29.1 Å². The van der Waals surface area contributed by atoms with E-state index >= 15 is 0 Å². The Bertz CT molecular complexity index is 5440. The van der Waals surface area contributed by atoms with Crippen molar-refractivity contribution in [3.05, 3.63) is 214 Å². The van der Waals surface area contributed by atoms with E-state index < -0.39 is 0 Å². The zero-order chi connectivity index (χ0) is 60.7. The molecule has 5 nitrogen and oxygen atoms in total. The van der Waals surface area contributed by atoms with E-state index in [2.05, 4.69) is 276 Å². The Morgan fingerprint density at radius 3 is 1.57 bits per heavy atom. The van der Waals surface area contributed by atoms with Crippen molar-refractivity contribution in [3.8, 4) is 17.1 Å². The van der Waals surface area contributed by atoms with Crippen molar-refractivity contribution in [3.63, 3.8) is 0 Å². The first-order valence-corrected chi connectivity index (χ1v) is 33.1. The second-order valence-corrected chi connectivity index (χ2v) is 31.1. The SMILES string of the molecule is CC(C)(C)C1=Cc2c(n3c4c(cc(C(C)(C)C)cc24)C2Bc4c-3cc(-n3c5ccccc5c5ccc6c7c(n(C8=CC=C(n9c%10ccccc%10c%10ccccc%109)CC8)c6c53)C=CCC7)cc4-n3c4ccc(C(C)(C)C)cc4c4cc(C(C)(C)C)cc2c43)CC1. The predicted octanol–water partition coefficient (Wildman–Crippen LogP) is 20.8. The Hall–Kier alpha value is -8.74. The van der Waals surface area contributed by atoms with Gasteiger partial charge in [0.05, 0.1) is 49.8 Å². The molecule has 13 aromatic rings. The minimum atomic E-state index is -0.0772. The summed E-state index contributed by atoms with van der Waals surface area (Å²) < 4.78 is 13.5. The smallest absolute Gasteiger partial charge is 0.176 e. The highest BCUT2D eigenvalue weighted by Gasteiger charge is 2.40. The zero-order valence-corrected chi connectivity index (χ0v) is 53.9. The average molecular weight is 1160 g/mol. The van der Waals surface area contributed by atoms with E-state index in [4.69, 9.17) is 0 Å². The summed E-state index contributed by atoms with van der Waals surface area (Å²) in [4.78, 5) is 0. The van der Waals surface area contributed by atoms with Crippen molar-refractivity contribution in [1.82, 2.24) is 22.8 Å². The molecule has 89 heavy (non-hydrogen) atoms. The minimum absolute atomic E-state index is 0.0239. The number of nitrogens with zero attached hydrogens (tertiary/aromatic N) is 5. The molecule has 8 aromatic carbocycles. The highest BCUT2D eigenvalue weighted by molar-refractivity contribution is 6.60. The average Bonchev–Trinajstić information content (AvgIpc) is 1.60. The number of benzene rings is 8. The number of aromatic nitrogens is 5. The third-order valence-corrected chi connectivity index (χ3v) is 21.7. The number of allylic oxidation sites excluding steroid dienone is 6. The summed E-state index contributed by atoms with van der Waals surface area (Å²) in [6.45, 7) is 28.9. The second kappa shape index (κ2) is 18.0. The lowest BCUT2D eigenvalue weighted by molar-refractivity contribution is 0.483. The van der Waals surface area contributed by atoms with Crippen molar-refractivity contribution < 1.29 is 0 Å². The quantitative estimate of drug-likeness (QED) is 0.158. The van der Waals surface area contributed by atoms with E-state index in [1.165, 1.54) is 177 Å². The van der Waals surface area contributed by atoms with Crippen molar-refractivity contribution in [2.75, 3.05) is 0 Å². The van der Waals surface area contributed by atoms with Gasteiger partial charge in [0.2, 0.25) is 0 Å². The van der Waals surface area contributed by atoms with E-state index in [-0.39, 0.29) is 27.5 Å². The monoisotopic (exact) mass is 1160 g/mol. The molecule has 1 atom stereocenters. The highest BCUT2D eigenvalue weighted by atomic mass is 15.1. The van der Waals surface area contributed by atoms with E-state index in [9.17, 15) is 0 Å². The first-order valence-electron chi connectivity index (χ1n) is 33.1. The normalized spacial score (nSPS) is 16.6. The molecule has 1 unspecified atom stereocenters. The predicted molar refractivity (Wildman–Crippen MR) is 383 cm³/mol. The molecule has 0 radical (unpaired) electrons. The fourth-order valence-electron chi connectivity index (χ4n) is 17.1. The lowest BCUT2D eigenvalue weighted by atomic mass is 9.54. The molecule has 5 aliphatic rings. The number of fused-ring (bicyclic) bond motifs is 21. The molecule has 0 saturated heterocycles. The van der Waals surface area contributed by atoms with Crippen LogP contribution in [0.5, 0.6) is 0 Å². The van der Waals surface area contributed by atoms with Crippen molar-refractivity contribution in [2.45, 2.75) is 144 Å². The van der Waals surface area contributed by atoms with Gasteiger partial charge in [-0.15, -0.1) is 0 Å². The lowest BCUT2D eigenvalue weighted by Gasteiger charge is -2.27. The lowest BCUT2D eigenvalue weighted by Crippen LogP contribution is -2.28. The molecule has 5 aromatic heterocycles. The first-order chi connectivity index (χ1) is 42.7. The fourth-order valence-corrected chi connectivity index (χ4v) is 17.1. The van der Waals surface area contributed by atoms with Gasteiger partial charge in [-0.05, 0) is 178 Å². The van der Waals surface area contributed by atoms with Gasteiger partial charge in [0, 0.05) is 82.8 Å². The van der Waals surface area contributed by atoms with Crippen LogP contribution in [0.25, 0.3) is 128 Å². The molecule has 0 amide bonds. The summed E-state index contributed by atoms with van der Waals surface area (Å²) in [5.74, 6) is 0.105. The third-order valence-electron chi connectivity index (χ3n) is 21.7. The Balaban J connectivity index is 0.988. The van der Waals surface area contributed by atoms with Crippen molar-refractivity contribution in [1.29, 1.82) is 0 Å². The molecule has 2 bridgehead atoms. The zero-order valence-electron chi connectivity index (χ0n) is 53.9. The molecule has 0 N–H and O–H groups in total. The van der Waals surface area contributed by atoms with E-state index in [0.717, 1.165) is 45.8 Å². The Morgan fingerprint density at radius 1 is 0.404 bits per heavy atom. The van der Waals surface area contributed by atoms with Crippen LogP contribution >= 0.6 is 0 Å². The maximum absolute atomic E-state index is 2.83. The second-order valence-electron chi connectivity index (χ2n) is 31.1. The Labute approximate surface area is 523 Å². The van der Waals surface area contributed by atoms with Gasteiger partial charge < -0.3 is 22.8 Å². The van der Waals surface area contributed by atoms with Gasteiger partial charge in [0.1, 0.15) is 0 Å². The summed E-state index contributed by atoms with van der Waals surface area (Å²) in [5, 5.41) is 10.6. The summed E-state index contributed by atoms with van der Waals surface area (Å²) in [6.07, 6.45) is 18.3. The van der Waals surface area contributed by atoms with Crippen molar-refractivity contribution >= 4 is 124 Å². The minimum Gasteiger partial charge on any atom is -0.313 e. The van der Waals surface area contributed by atoms with Crippen molar-refractivity contribution in [2.24, 2.45) is 5.41 Å². The third kappa shape index (κ3) is 7.44. The molecule has 7 heterocycles. The fraction of sp³-hybridized carbons (Fsp3) is 0.277. The molecule has 0 saturated carbocycles. The van der Waals surface area contributed by atoms with Gasteiger partial charge in [0.25, 0.3) is 0 Å². The van der Waals surface area contributed by atoms with Gasteiger partial charge >= 0.3 is 0 Å². The maximum Gasteiger partial charge on any atom is 0.176 e. The molecule has 0 spiro atoms. The van der Waals surface area contributed by atoms with Crippen LogP contribution < -0.4 is 5.46 Å². The number of para-hydroxylation sites is 3. The van der Waals surface area contributed by atoms with Crippen LogP contribution in [0.2, 0.25) is 0 Å². The van der Waals surface area contributed by atoms with Crippen LogP contribution in [0.3, 0.4) is 0 Å². The largest absolute Gasteiger partial charge is 0.313 e. The van der Waals surface area contributed by atoms with Crippen LogP contribution in [0, 0.1) is 5.41 Å². The van der Waals surface area contributed by atoms with Crippen LogP contribution in [0.15, 0.2) is 163 Å². The van der Waals surface area contributed by atoms with E-state index in [1.54, 1.807) is 0 Å². The number of aryl methyl sites for hydroxylation is 1. The molecule has 3 aliphatic carbocycles. The van der Waals surface area contributed by atoms with Crippen LogP contribution in [0.4, 0.5) is 0 Å². The van der Waals surface area contributed by atoms with Gasteiger partial charge in [-0.3, -0.25) is 0 Å². The summed E-state index contributed by atoms with van der Waals surface area (Å²) in [6, 6.07) is 55.4. The molecule has 6 heteroatoms. The van der Waals surface area contributed by atoms with Gasteiger partial charge in [-0.25, -0.2) is 0 Å². The Kier molecular flexibility index (Phi) is 10.8. The van der Waals surface area contributed by atoms with E-state index in [0.29, 0.717) is 0 Å². The number of hydrogen-bond donors (Lipinski definition) is 0. The van der Waals surface area contributed by atoms with Gasteiger partial charge in [-0.1, -0.05) is 186 Å². The van der Waals surface area contributed by atoms with Gasteiger partial charge in [0.15, 0.2) is 7.28 Å².